The Kier molecular flexibility index (Phi) is 5.62. The Morgan fingerprint density at radius 1 is 0.909 bits per heavy atom. The topological polar surface area (TPSA) is 70.5 Å². The minimum atomic E-state index is -0.921. The van der Waals surface area contributed by atoms with Crippen molar-refractivity contribution in [2.75, 3.05) is 4.90 Å². The lowest BCUT2D eigenvalue weighted by Gasteiger charge is -2.23. The van der Waals surface area contributed by atoms with Crippen LogP contribution < -0.4 is 4.90 Å². The third kappa shape index (κ3) is 3.89. The highest BCUT2D eigenvalue weighted by atomic mass is 35.5. The molecule has 1 fully saturated rings. The molecule has 1 aromatic heterocycles. The standard InChI is InChI=1S/C24H13Cl3N2O3S/c25-14-6-4-12(5-7-14)21(30)19-20(13-2-1-3-15(26)10-13)29(23(32)22(19)31)24-28-17-9-8-16(27)11-18(17)33-24/h1-11,20,30H/b21-19+. The Bertz CT molecular complexity index is 1460. The molecule has 0 bridgehead atoms. The SMILES string of the molecule is O=C1C(=O)N(c2nc3ccc(Cl)cc3s2)C(c2cccc(Cl)c2)/C1=C(\O)c1ccc(Cl)cc1. The quantitative estimate of drug-likeness (QED) is 0.183. The summed E-state index contributed by atoms with van der Waals surface area (Å²) in [6.45, 7) is 0. The lowest BCUT2D eigenvalue weighted by atomic mass is 9.95. The van der Waals surface area contributed by atoms with Crippen LogP contribution in [0.5, 0.6) is 0 Å². The predicted molar refractivity (Wildman–Crippen MR) is 132 cm³/mol. The smallest absolute Gasteiger partial charge is 0.301 e. The number of rotatable bonds is 3. The fourth-order valence-corrected chi connectivity index (χ4v) is 5.37. The number of Topliss-reactive ketones (excluding diaryl/α,β-unsaturated/α-hetero) is 1. The molecule has 2 heterocycles. The summed E-state index contributed by atoms with van der Waals surface area (Å²) in [4.78, 5) is 32.3. The average molecular weight is 516 g/mol. The van der Waals surface area contributed by atoms with Crippen LogP contribution in [0.15, 0.2) is 72.3 Å². The summed E-state index contributed by atoms with van der Waals surface area (Å²) in [7, 11) is 0. The van der Waals surface area contributed by atoms with Crippen molar-refractivity contribution in [3.63, 3.8) is 0 Å². The summed E-state index contributed by atoms with van der Waals surface area (Å²) >= 11 is 19.5. The zero-order valence-electron chi connectivity index (χ0n) is 16.6. The van der Waals surface area contributed by atoms with Crippen molar-refractivity contribution in [2.24, 2.45) is 0 Å². The maximum absolute atomic E-state index is 13.2. The van der Waals surface area contributed by atoms with Crippen molar-refractivity contribution in [2.45, 2.75) is 6.04 Å². The minimum absolute atomic E-state index is 0.0538. The van der Waals surface area contributed by atoms with Gasteiger partial charge < -0.3 is 5.11 Å². The van der Waals surface area contributed by atoms with E-state index >= 15 is 0 Å². The molecule has 3 aromatic carbocycles. The van der Waals surface area contributed by atoms with Crippen LogP contribution in [0.2, 0.25) is 15.1 Å². The molecule has 0 radical (unpaired) electrons. The van der Waals surface area contributed by atoms with Gasteiger partial charge in [0.1, 0.15) is 5.76 Å². The van der Waals surface area contributed by atoms with Crippen LogP contribution in [0.25, 0.3) is 16.0 Å². The van der Waals surface area contributed by atoms with Crippen LogP contribution in [0.1, 0.15) is 17.2 Å². The summed E-state index contributed by atoms with van der Waals surface area (Å²) in [5, 5.41) is 12.9. The number of hydrogen-bond donors (Lipinski definition) is 1. The van der Waals surface area contributed by atoms with Gasteiger partial charge in [0.05, 0.1) is 21.8 Å². The number of thiazole rings is 1. The Labute approximate surface area is 207 Å². The Morgan fingerprint density at radius 3 is 2.33 bits per heavy atom. The summed E-state index contributed by atoms with van der Waals surface area (Å²) < 4.78 is 0.766. The molecule has 0 spiro atoms. The molecule has 1 atom stereocenters. The average Bonchev–Trinajstić information content (AvgIpc) is 3.32. The van der Waals surface area contributed by atoms with Crippen LogP contribution in [-0.2, 0) is 9.59 Å². The molecule has 5 nitrogen and oxygen atoms in total. The van der Waals surface area contributed by atoms with Crippen molar-refractivity contribution in [1.29, 1.82) is 0 Å². The predicted octanol–water partition coefficient (Wildman–Crippen LogP) is 6.88. The van der Waals surface area contributed by atoms with E-state index in [1.807, 2.05) is 0 Å². The van der Waals surface area contributed by atoms with E-state index in [4.69, 9.17) is 34.8 Å². The Hall–Kier alpha value is -2.90. The van der Waals surface area contributed by atoms with E-state index in [-0.39, 0.29) is 11.3 Å². The third-order valence-corrected chi connectivity index (χ3v) is 7.01. The van der Waals surface area contributed by atoms with Gasteiger partial charge in [-0.2, -0.15) is 0 Å². The lowest BCUT2D eigenvalue weighted by molar-refractivity contribution is -0.132. The number of anilines is 1. The number of hydrogen-bond acceptors (Lipinski definition) is 5. The van der Waals surface area contributed by atoms with E-state index in [2.05, 4.69) is 4.98 Å². The normalized spacial score (nSPS) is 17.8. The molecule has 1 aliphatic rings. The molecule has 9 heteroatoms. The van der Waals surface area contributed by atoms with Gasteiger partial charge in [-0.1, -0.05) is 58.3 Å². The molecule has 0 saturated carbocycles. The van der Waals surface area contributed by atoms with Gasteiger partial charge in [-0.05, 0) is 60.2 Å². The highest BCUT2D eigenvalue weighted by molar-refractivity contribution is 7.22. The van der Waals surface area contributed by atoms with Gasteiger partial charge in [-0.25, -0.2) is 4.98 Å². The lowest BCUT2D eigenvalue weighted by Crippen LogP contribution is -2.29. The molecule has 4 aromatic rings. The van der Waals surface area contributed by atoms with Gasteiger partial charge in [-0.15, -0.1) is 0 Å². The molecule has 5 rings (SSSR count). The van der Waals surface area contributed by atoms with Gasteiger partial charge >= 0.3 is 5.91 Å². The summed E-state index contributed by atoms with van der Waals surface area (Å²) in [6, 6.07) is 17.4. The maximum Gasteiger partial charge on any atom is 0.301 e. The molecule has 1 aliphatic heterocycles. The number of aliphatic hydroxyl groups excluding tert-OH is 1. The number of benzene rings is 3. The first kappa shape index (κ1) is 21.9. The van der Waals surface area contributed by atoms with E-state index in [0.717, 1.165) is 4.70 Å². The van der Waals surface area contributed by atoms with Gasteiger partial charge in [0.15, 0.2) is 5.13 Å². The van der Waals surface area contributed by atoms with E-state index in [1.54, 1.807) is 66.7 Å². The fourth-order valence-electron chi connectivity index (χ4n) is 3.77. The molecular formula is C24H13Cl3N2O3S. The van der Waals surface area contributed by atoms with Gasteiger partial charge in [-0.3, -0.25) is 14.5 Å². The van der Waals surface area contributed by atoms with Crippen molar-refractivity contribution >= 4 is 78.9 Å². The number of aromatic nitrogens is 1. The molecule has 1 N–H and O–H groups in total. The number of halogens is 3. The van der Waals surface area contributed by atoms with Gasteiger partial charge in [0.25, 0.3) is 5.78 Å². The monoisotopic (exact) mass is 514 g/mol. The largest absolute Gasteiger partial charge is 0.507 e. The molecule has 1 amide bonds. The molecular weight excluding hydrogens is 503 g/mol. The van der Waals surface area contributed by atoms with Crippen LogP contribution in [0.4, 0.5) is 5.13 Å². The fraction of sp³-hybridized carbons (Fsp3) is 0.0417. The van der Waals surface area contributed by atoms with Gasteiger partial charge in [0.2, 0.25) is 0 Å². The second-order valence-corrected chi connectivity index (χ2v) is 9.66. The zero-order valence-corrected chi connectivity index (χ0v) is 19.7. The van der Waals surface area contributed by atoms with Crippen molar-refractivity contribution in [3.8, 4) is 0 Å². The van der Waals surface area contributed by atoms with Crippen molar-refractivity contribution in [1.82, 2.24) is 4.98 Å². The van der Waals surface area contributed by atoms with Crippen LogP contribution in [0.3, 0.4) is 0 Å². The van der Waals surface area contributed by atoms with E-state index in [1.165, 1.54) is 16.2 Å². The number of aliphatic hydroxyl groups is 1. The van der Waals surface area contributed by atoms with Crippen molar-refractivity contribution in [3.05, 3.63) is 98.5 Å². The first-order valence-corrected chi connectivity index (χ1v) is 11.7. The summed E-state index contributed by atoms with van der Waals surface area (Å²) in [5.41, 5.74) is 1.51. The second kappa shape index (κ2) is 8.47. The minimum Gasteiger partial charge on any atom is -0.507 e. The molecule has 33 heavy (non-hydrogen) atoms. The first-order valence-electron chi connectivity index (χ1n) is 9.72. The highest BCUT2D eigenvalue weighted by Gasteiger charge is 2.48. The number of fused-ring (bicyclic) bond motifs is 1. The number of ketones is 1. The Balaban J connectivity index is 1.74. The Morgan fingerprint density at radius 2 is 1.61 bits per heavy atom. The van der Waals surface area contributed by atoms with Crippen LogP contribution in [-0.4, -0.2) is 21.8 Å². The number of nitrogens with zero attached hydrogens (tertiary/aromatic N) is 2. The maximum atomic E-state index is 13.2. The van der Waals surface area contributed by atoms with Crippen molar-refractivity contribution < 1.29 is 14.7 Å². The van der Waals surface area contributed by atoms with E-state index in [9.17, 15) is 14.7 Å². The number of carbonyl (C=O) groups is 2. The van der Waals surface area contributed by atoms with Crippen LogP contribution >= 0.6 is 46.1 Å². The zero-order chi connectivity index (χ0) is 23.3. The highest BCUT2D eigenvalue weighted by Crippen LogP contribution is 2.44. The molecule has 164 valence electrons. The number of amides is 1. The summed E-state index contributed by atoms with van der Waals surface area (Å²) in [6.07, 6.45) is 0. The van der Waals surface area contributed by atoms with E-state index < -0.39 is 17.7 Å². The number of carbonyl (C=O) groups excluding carboxylic acids is 2. The summed E-state index contributed by atoms with van der Waals surface area (Å²) in [5.74, 6) is -1.91. The van der Waals surface area contributed by atoms with Gasteiger partial charge in [0, 0.05) is 20.6 Å². The third-order valence-electron chi connectivity index (χ3n) is 5.27. The molecule has 1 unspecified atom stereocenters. The molecule has 0 aliphatic carbocycles. The molecule has 1 saturated heterocycles. The van der Waals surface area contributed by atoms with E-state index in [0.29, 0.717) is 36.8 Å². The van der Waals surface area contributed by atoms with Crippen LogP contribution in [0, 0.1) is 0 Å². The second-order valence-electron chi connectivity index (χ2n) is 7.34. The first-order chi connectivity index (χ1) is 15.8.